The Morgan fingerprint density at radius 1 is 0.900 bits per heavy atom. The second-order valence-electron chi connectivity index (χ2n) is 8.41. The number of carbonyl (C=O) groups is 2. The molecule has 0 radical (unpaired) electrons. The molecule has 1 aromatic carbocycles. The molecule has 0 aliphatic heterocycles. The van der Waals surface area contributed by atoms with Gasteiger partial charge in [0.15, 0.2) is 11.6 Å². The molecule has 3 rings (SSSR count). The van der Waals surface area contributed by atoms with Crippen LogP contribution in [0.2, 0.25) is 0 Å². The van der Waals surface area contributed by atoms with Gasteiger partial charge in [-0.25, -0.2) is 0 Å². The predicted octanol–water partition coefficient (Wildman–Crippen LogP) is 6.06. The van der Waals surface area contributed by atoms with Gasteiger partial charge in [-0.2, -0.15) is 0 Å². The third-order valence-electron chi connectivity index (χ3n) is 6.10. The largest absolute Gasteiger partial charge is 0.385 e. The number of Topliss-reactive ketones (excluding diaryl/α,β-unsaturated/α-hetero) is 2. The number of rotatable bonds is 12. The van der Waals surface area contributed by atoms with E-state index in [2.05, 4.69) is 24.5 Å². The number of nitrogens with one attached hydrogen (secondary N) is 2. The fourth-order valence-electron chi connectivity index (χ4n) is 4.41. The third kappa shape index (κ3) is 5.03. The highest BCUT2D eigenvalue weighted by molar-refractivity contribution is 6.26. The topological polar surface area (TPSA) is 58.2 Å². The first kappa shape index (κ1) is 22.3. The van der Waals surface area contributed by atoms with Crippen LogP contribution in [0.3, 0.4) is 0 Å². The van der Waals surface area contributed by atoms with Crippen molar-refractivity contribution in [2.75, 3.05) is 18.4 Å². The number of carbonyl (C=O) groups excluding carboxylic acids is 2. The van der Waals surface area contributed by atoms with E-state index >= 15 is 0 Å². The third-order valence-corrected chi connectivity index (χ3v) is 6.10. The molecule has 4 nitrogen and oxygen atoms in total. The van der Waals surface area contributed by atoms with Crippen molar-refractivity contribution >= 4 is 17.3 Å². The lowest BCUT2D eigenvalue weighted by atomic mass is 9.73. The minimum absolute atomic E-state index is 0.00617. The van der Waals surface area contributed by atoms with Crippen molar-refractivity contribution in [3.05, 3.63) is 52.7 Å². The molecule has 2 aliphatic carbocycles. The van der Waals surface area contributed by atoms with Crippen molar-refractivity contribution in [2.24, 2.45) is 5.92 Å². The van der Waals surface area contributed by atoms with Crippen molar-refractivity contribution < 1.29 is 9.59 Å². The minimum Gasteiger partial charge on any atom is -0.385 e. The van der Waals surface area contributed by atoms with Crippen molar-refractivity contribution in [1.82, 2.24) is 5.32 Å². The molecule has 0 aromatic heterocycles. The van der Waals surface area contributed by atoms with Crippen LogP contribution >= 0.6 is 0 Å². The summed E-state index contributed by atoms with van der Waals surface area (Å²) in [6.45, 7) is 6.06. The number of benzene rings is 1. The Balaban J connectivity index is 1.81. The summed E-state index contributed by atoms with van der Waals surface area (Å²) in [6.07, 6.45) is 14.0. The lowest BCUT2D eigenvalue weighted by Gasteiger charge is -2.30. The van der Waals surface area contributed by atoms with Gasteiger partial charge in [-0.3, -0.25) is 9.59 Å². The first-order valence-corrected chi connectivity index (χ1v) is 11.8. The molecule has 0 spiro atoms. The van der Waals surface area contributed by atoms with Crippen LogP contribution < -0.4 is 10.6 Å². The zero-order valence-electron chi connectivity index (χ0n) is 18.6. The van der Waals surface area contributed by atoms with E-state index in [1.54, 1.807) is 0 Å². The Labute approximate surface area is 181 Å². The van der Waals surface area contributed by atoms with Gasteiger partial charge >= 0.3 is 0 Å². The molecule has 0 saturated carbocycles. The van der Waals surface area contributed by atoms with Crippen LogP contribution in [-0.2, 0) is 0 Å². The summed E-state index contributed by atoms with van der Waals surface area (Å²) in [5, 5.41) is 6.87. The normalized spacial score (nSPS) is 17.7. The predicted molar refractivity (Wildman–Crippen MR) is 124 cm³/mol. The van der Waals surface area contributed by atoms with Crippen LogP contribution in [-0.4, -0.2) is 24.7 Å². The highest BCUT2D eigenvalue weighted by Crippen LogP contribution is 2.39. The highest BCUT2D eigenvalue weighted by Gasteiger charge is 2.40. The van der Waals surface area contributed by atoms with Crippen LogP contribution in [0.25, 0.3) is 0 Å². The molecule has 0 bridgehead atoms. The van der Waals surface area contributed by atoms with Gasteiger partial charge in [0.2, 0.25) is 0 Å². The Hall–Kier alpha value is -2.36. The molecule has 2 N–H and O–H groups in total. The van der Waals surface area contributed by atoms with Gasteiger partial charge in [-0.05, 0) is 31.4 Å². The number of anilines is 1. The molecule has 1 aromatic rings. The number of fused-ring (bicyclic) bond motifs is 2. The van der Waals surface area contributed by atoms with Crippen molar-refractivity contribution in [1.29, 1.82) is 0 Å². The maximum absolute atomic E-state index is 13.6. The quantitative estimate of drug-likeness (QED) is 0.413. The molecule has 162 valence electrons. The molecular formula is C26H36N2O2. The number of allylic oxidation sites excluding steroid dienone is 3. The zero-order chi connectivity index (χ0) is 21.3. The molecular weight excluding hydrogens is 372 g/mol. The van der Waals surface area contributed by atoms with Crippen LogP contribution in [0, 0.1) is 5.92 Å². The van der Waals surface area contributed by atoms with E-state index in [1.807, 2.05) is 30.4 Å². The molecule has 1 unspecified atom stereocenters. The van der Waals surface area contributed by atoms with Crippen molar-refractivity contribution in [3.63, 3.8) is 0 Å². The Bertz CT molecular complexity index is 822. The van der Waals surface area contributed by atoms with Gasteiger partial charge in [-0.1, -0.05) is 70.6 Å². The molecule has 0 saturated heterocycles. The first-order valence-electron chi connectivity index (χ1n) is 11.8. The van der Waals surface area contributed by atoms with Crippen LogP contribution in [0.4, 0.5) is 5.69 Å². The standard InChI is InChI=1S/C26H36N2O2/c1-3-5-7-9-17-27-21-15-11-13-19-23(21)26(30)24-20(25(19)29)14-12-16-22(24)28-18-10-8-6-4-2/h11-13,15-16,20,27-28H,3-10,14,17-18H2,1-2H3. The first-order chi connectivity index (χ1) is 14.7. The summed E-state index contributed by atoms with van der Waals surface area (Å²) in [6, 6.07) is 5.63. The number of unbranched alkanes of at least 4 members (excludes halogenated alkanes) is 6. The summed E-state index contributed by atoms with van der Waals surface area (Å²) in [4.78, 5) is 26.8. The maximum Gasteiger partial charge on any atom is 0.194 e. The molecule has 0 heterocycles. The Morgan fingerprint density at radius 2 is 1.60 bits per heavy atom. The fourth-order valence-corrected chi connectivity index (χ4v) is 4.41. The lowest BCUT2D eigenvalue weighted by molar-refractivity contribution is 0.0881. The van der Waals surface area contributed by atoms with E-state index in [-0.39, 0.29) is 17.5 Å². The highest BCUT2D eigenvalue weighted by atomic mass is 16.1. The van der Waals surface area contributed by atoms with E-state index < -0.39 is 0 Å². The van der Waals surface area contributed by atoms with Crippen LogP contribution in [0.15, 0.2) is 41.6 Å². The van der Waals surface area contributed by atoms with Crippen LogP contribution in [0.1, 0.15) is 92.4 Å². The van der Waals surface area contributed by atoms with Gasteiger partial charge in [-0.15, -0.1) is 0 Å². The Kier molecular flexibility index (Phi) is 8.30. The summed E-state index contributed by atoms with van der Waals surface area (Å²) in [7, 11) is 0. The summed E-state index contributed by atoms with van der Waals surface area (Å²) < 4.78 is 0. The van der Waals surface area contributed by atoms with Gasteiger partial charge in [0.25, 0.3) is 0 Å². The smallest absolute Gasteiger partial charge is 0.194 e. The van der Waals surface area contributed by atoms with E-state index in [0.717, 1.165) is 37.3 Å². The molecule has 0 fully saturated rings. The molecule has 4 heteroatoms. The molecule has 0 amide bonds. The zero-order valence-corrected chi connectivity index (χ0v) is 18.6. The van der Waals surface area contributed by atoms with Gasteiger partial charge in [0.05, 0.1) is 11.5 Å². The molecule has 30 heavy (non-hydrogen) atoms. The average molecular weight is 409 g/mol. The minimum atomic E-state index is -0.354. The number of ketones is 2. The summed E-state index contributed by atoms with van der Waals surface area (Å²) in [5.41, 5.74) is 3.43. The number of hydrogen-bond donors (Lipinski definition) is 2. The van der Waals surface area contributed by atoms with E-state index in [0.29, 0.717) is 23.1 Å². The van der Waals surface area contributed by atoms with Gasteiger partial charge < -0.3 is 10.6 Å². The molecule has 1 atom stereocenters. The lowest BCUT2D eigenvalue weighted by Crippen LogP contribution is -2.35. The van der Waals surface area contributed by atoms with Gasteiger partial charge in [0, 0.05) is 35.6 Å². The SMILES string of the molecule is CCCCCCNC1=C2C(=O)c3c(NCCCCCC)cccc3C(=O)C2CC=C1. The van der Waals surface area contributed by atoms with Crippen LogP contribution in [0.5, 0.6) is 0 Å². The van der Waals surface area contributed by atoms with E-state index in [1.165, 1.54) is 38.5 Å². The Morgan fingerprint density at radius 3 is 2.30 bits per heavy atom. The van der Waals surface area contributed by atoms with E-state index in [9.17, 15) is 9.59 Å². The monoisotopic (exact) mass is 408 g/mol. The molecule has 2 aliphatic rings. The van der Waals surface area contributed by atoms with Crippen molar-refractivity contribution in [3.8, 4) is 0 Å². The maximum atomic E-state index is 13.6. The average Bonchev–Trinajstić information content (AvgIpc) is 2.77. The fraction of sp³-hybridized carbons (Fsp3) is 0.538. The van der Waals surface area contributed by atoms with Gasteiger partial charge in [0.1, 0.15) is 0 Å². The van der Waals surface area contributed by atoms with E-state index in [4.69, 9.17) is 0 Å². The summed E-state index contributed by atoms with van der Waals surface area (Å²) >= 11 is 0. The summed E-state index contributed by atoms with van der Waals surface area (Å²) in [5.74, 6) is -0.275. The van der Waals surface area contributed by atoms with Crippen molar-refractivity contribution in [2.45, 2.75) is 71.6 Å². The second-order valence-corrected chi connectivity index (χ2v) is 8.41. The number of hydrogen-bond acceptors (Lipinski definition) is 4. The second kappa shape index (κ2) is 11.1.